The van der Waals surface area contributed by atoms with Crippen molar-refractivity contribution in [2.24, 2.45) is 5.73 Å². The Morgan fingerprint density at radius 3 is 2.40 bits per heavy atom. The van der Waals surface area contributed by atoms with Gasteiger partial charge in [0.25, 0.3) is 0 Å². The molecule has 0 radical (unpaired) electrons. The summed E-state index contributed by atoms with van der Waals surface area (Å²) in [5, 5.41) is 3.15. The summed E-state index contributed by atoms with van der Waals surface area (Å²) in [4.78, 5) is 13.5. The fourth-order valence-corrected chi connectivity index (χ4v) is 1.35. The van der Waals surface area contributed by atoms with Crippen molar-refractivity contribution in [2.75, 3.05) is 20.1 Å². The number of primary amides is 1. The van der Waals surface area contributed by atoms with Gasteiger partial charge in [-0.05, 0) is 40.8 Å². The third-order valence-electron chi connectivity index (χ3n) is 2.96. The Bertz CT molecular complexity index is 206. The second kappa shape index (κ2) is 6.08. The van der Waals surface area contributed by atoms with Crippen LogP contribution in [0.5, 0.6) is 0 Å². The molecule has 4 heteroatoms. The number of carbonyl (C=O) groups is 1. The van der Waals surface area contributed by atoms with Crippen LogP contribution >= 0.6 is 0 Å². The zero-order chi connectivity index (χ0) is 12.1. The van der Waals surface area contributed by atoms with Crippen molar-refractivity contribution in [2.45, 2.75) is 45.7 Å². The molecule has 0 heterocycles. The minimum Gasteiger partial charge on any atom is -0.368 e. The number of nitrogens with zero attached hydrogens (tertiary/aromatic N) is 1. The van der Waals surface area contributed by atoms with Crippen LogP contribution < -0.4 is 11.1 Å². The topological polar surface area (TPSA) is 58.4 Å². The highest BCUT2D eigenvalue weighted by Gasteiger charge is 2.29. The average molecular weight is 215 g/mol. The molecule has 90 valence electrons. The van der Waals surface area contributed by atoms with Crippen molar-refractivity contribution < 1.29 is 4.79 Å². The molecule has 1 unspecified atom stereocenters. The van der Waals surface area contributed by atoms with Crippen molar-refractivity contribution >= 4 is 5.91 Å². The number of hydrogen-bond acceptors (Lipinski definition) is 3. The summed E-state index contributed by atoms with van der Waals surface area (Å²) >= 11 is 0. The van der Waals surface area contributed by atoms with Crippen LogP contribution in [-0.4, -0.2) is 42.5 Å². The van der Waals surface area contributed by atoms with Gasteiger partial charge in [-0.3, -0.25) is 4.79 Å². The molecule has 0 fully saturated rings. The smallest absolute Gasteiger partial charge is 0.237 e. The van der Waals surface area contributed by atoms with E-state index in [1.165, 1.54) is 0 Å². The lowest BCUT2D eigenvalue weighted by atomic mass is 9.96. The third kappa shape index (κ3) is 4.62. The summed E-state index contributed by atoms with van der Waals surface area (Å²) in [7, 11) is 2.05. The highest BCUT2D eigenvalue weighted by Crippen LogP contribution is 2.10. The van der Waals surface area contributed by atoms with Gasteiger partial charge in [0.15, 0.2) is 0 Å². The van der Waals surface area contributed by atoms with Gasteiger partial charge in [-0.25, -0.2) is 0 Å². The van der Waals surface area contributed by atoms with E-state index in [9.17, 15) is 4.79 Å². The Kier molecular flexibility index (Phi) is 5.83. The molecule has 0 saturated carbocycles. The molecular formula is C11H25N3O. The first-order valence-corrected chi connectivity index (χ1v) is 5.58. The van der Waals surface area contributed by atoms with Crippen LogP contribution in [0.2, 0.25) is 0 Å². The van der Waals surface area contributed by atoms with Gasteiger partial charge in [0.2, 0.25) is 5.91 Å². The Balaban J connectivity index is 4.25. The Hall–Kier alpha value is -0.610. The highest BCUT2D eigenvalue weighted by molar-refractivity contribution is 5.84. The maximum absolute atomic E-state index is 11.3. The van der Waals surface area contributed by atoms with Crippen LogP contribution in [0.15, 0.2) is 0 Å². The van der Waals surface area contributed by atoms with Gasteiger partial charge in [0, 0.05) is 12.6 Å². The van der Waals surface area contributed by atoms with Gasteiger partial charge in [-0.1, -0.05) is 6.92 Å². The summed E-state index contributed by atoms with van der Waals surface area (Å²) in [5.74, 6) is -0.276. The summed E-state index contributed by atoms with van der Waals surface area (Å²) in [6, 6.07) is 0.490. The maximum atomic E-state index is 11.3. The van der Waals surface area contributed by atoms with Gasteiger partial charge in [0.05, 0.1) is 5.54 Å². The van der Waals surface area contributed by atoms with E-state index in [0.29, 0.717) is 6.04 Å². The second-order valence-corrected chi connectivity index (χ2v) is 4.55. The van der Waals surface area contributed by atoms with Crippen molar-refractivity contribution in [3.05, 3.63) is 0 Å². The number of nitrogens with two attached hydrogens (primary N) is 1. The number of amides is 1. The largest absolute Gasteiger partial charge is 0.368 e. The van der Waals surface area contributed by atoms with Gasteiger partial charge in [-0.2, -0.15) is 0 Å². The van der Waals surface area contributed by atoms with E-state index < -0.39 is 5.54 Å². The van der Waals surface area contributed by atoms with Crippen LogP contribution in [0.3, 0.4) is 0 Å². The van der Waals surface area contributed by atoms with E-state index >= 15 is 0 Å². The number of hydrogen-bond donors (Lipinski definition) is 2. The molecule has 0 spiro atoms. The Morgan fingerprint density at radius 2 is 2.07 bits per heavy atom. The highest BCUT2D eigenvalue weighted by atomic mass is 16.1. The number of rotatable bonds is 7. The molecule has 15 heavy (non-hydrogen) atoms. The molecule has 0 aromatic rings. The van der Waals surface area contributed by atoms with E-state index in [0.717, 1.165) is 19.5 Å². The van der Waals surface area contributed by atoms with Crippen LogP contribution in [0.25, 0.3) is 0 Å². The first kappa shape index (κ1) is 14.4. The predicted molar refractivity (Wildman–Crippen MR) is 63.7 cm³/mol. The molecular weight excluding hydrogens is 190 g/mol. The van der Waals surface area contributed by atoms with Crippen molar-refractivity contribution in [1.82, 2.24) is 10.2 Å². The molecule has 0 aliphatic heterocycles. The molecule has 0 aliphatic rings. The van der Waals surface area contributed by atoms with Crippen LogP contribution in [0, 0.1) is 0 Å². The number of carbonyl (C=O) groups excluding carboxylic acids is 1. The van der Waals surface area contributed by atoms with Gasteiger partial charge >= 0.3 is 0 Å². The van der Waals surface area contributed by atoms with Gasteiger partial charge < -0.3 is 16.0 Å². The summed E-state index contributed by atoms with van der Waals surface area (Å²) in [6.45, 7) is 9.74. The van der Waals surface area contributed by atoms with Crippen molar-refractivity contribution in [3.8, 4) is 0 Å². The van der Waals surface area contributed by atoms with Crippen molar-refractivity contribution in [3.63, 3.8) is 0 Å². The van der Waals surface area contributed by atoms with Crippen LogP contribution in [0.1, 0.15) is 34.1 Å². The zero-order valence-electron chi connectivity index (χ0n) is 10.6. The number of likely N-dealkylation sites (N-methyl/N-ethyl adjacent to an activating group) is 1. The molecule has 1 atom stereocenters. The first-order valence-electron chi connectivity index (χ1n) is 5.58. The molecule has 1 amide bonds. The van der Waals surface area contributed by atoms with E-state index in [1.54, 1.807) is 0 Å². The molecule has 4 nitrogen and oxygen atoms in total. The molecule has 3 N–H and O–H groups in total. The molecule has 0 aromatic carbocycles. The minimum atomic E-state index is -0.585. The van der Waals surface area contributed by atoms with Gasteiger partial charge in [-0.15, -0.1) is 0 Å². The normalized spacial score (nSPS) is 15.7. The predicted octanol–water partition coefficient (Wildman–Crippen LogP) is 0.570. The second-order valence-electron chi connectivity index (χ2n) is 4.55. The van der Waals surface area contributed by atoms with E-state index in [4.69, 9.17) is 5.73 Å². The molecule has 0 aromatic heterocycles. The van der Waals surface area contributed by atoms with Crippen LogP contribution in [0.4, 0.5) is 0 Å². The fraction of sp³-hybridized carbons (Fsp3) is 0.909. The van der Waals surface area contributed by atoms with Crippen LogP contribution in [-0.2, 0) is 4.79 Å². The lowest BCUT2D eigenvalue weighted by molar-refractivity contribution is -0.124. The lowest BCUT2D eigenvalue weighted by Crippen LogP contribution is -2.54. The first-order chi connectivity index (χ1) is 6.83. The zero-order valence-corrected chi connectivity index (χ0v) is 10.6. The summed E-state index contributed by atoms with van der Waals surface area (Å²) < 4.78 is 0. The summed E-state index contributed by atoms with van der Waals surface area (Å²) in [5.41, 5.74) is 4.81. The van der Waals surface area contributed by atoms with E-state index in [-0.39, 0.29) is 5.91 Å². The minimum absolute atomic E-state index is 0.276. The monoisotopic (exact) mass is 215 g/mol. The molecule has 0 rings (SSSR count). The van der Waals surface area contributed by atoms with Gasteiger partial charge in [0.1, 0.15) is 0 Å². The standard InChI is InChI=1S/C11H25N3O/c1-6-13-11(4,10(12)15)7-8-14(5)9(2)3/h9,13H,6-8H2,1-5H3,(H2,12,15). The number of nitrogens with one attached hydrogen (secondary N) is 1. The maximum Gasteiger partial charge on any atom is 0.237 e. The van der Waals surface area contributed by atoms with E-state index in [1.807, 2.05) is 13.8 Å². The Labute approximate surface area is 93.2 Å². The molecule has 0 saturated heterocycles. The van der Waals surface area contributed by atoms with E-state index in [2.05, 4.69) is 31.1 Å². The molecule has 0 bridgehead atoms. The third-order valence-corrected chi connectivity index (χ3v) is 2.96. The lowest BCUT2D eigenvalue weighted by Gasteiger charge is -2.30. The van der Waals surface area contributed by atoms with Crippen molar-refractivity contribution in [1.29, 1.82) is 0 Å². The average Bonchev–Trinajstić information content (AvgIpc) is 2.14. The SMILES string of the molecule is CCNC(C)(CCN(C)C(C)C)C(N)=O. The Morgan fingerprint density at radius 1 is 1.53 bits per heavy atom. The summed E-state index contributed by atoms with van der Waals surface area (Å²) in [6.07, 6.45) is 0.741. The quantitative estimate of drug-likeness (QED) is 0.653. The molecule has 0 aliphatic carbocycles. The fourth-order valence-electron chi connectivity index (χ4n) is 1.35.